The van der Waals surface area contributed by atoms with Gasteiger partial charge in [-0.15, -0.1) is 0 Å². The maximum Gasteiger partial charge on any atom is 0.274 e. The van der Waals surface area contributed by atoms with Gasteiger partial charge in [-0.1, -0.05) is 11.3 Å². The van der Waals surface area contributed by atoms with Crippen molar-refractivity contribution in [3.63, 3.8) is 0 Å². The molecular formula is C21H29FN2O4S. The lowest BCUT2D eigenvalue weighted by Gasteiger charge is -2.38. The second-order valence-electron chi connectivity index (χ2n) is 7.82. The molecule has 3 rings (SSSR count). The lowest BCUT2D eigenvalue weighted by molar-refractivity contribution is -0.121. The van der Waals surface area contributed by atoms with Crippen LogP contribution in [0.15, 0.2) is 12.1 Å². The van der Waals surface area contributed by atoms with Gasteiger partial charge in [-0.2, -0.15) is 0 Å². The van der Waals surface area contributed by atoms with E-state index in [9.17, 15) is 9.18 Å². The number of fused-ring (bicyclic) bond motifs is 1. The fraction of sp³-hybridized carbons (Fsp3) is 0.619. The molecule has 1 atom stereocenters. The maximum atomic E-state index is 14.9. The SMILES string of the molecule is CCOc1nc2ccc(O[C@H]3CC[C@](C)(OC[C@H](C)NC(C)=O)CC3)c(F)c2s1. The molecule has 8 heteroatoms. The van der Waals surface area contributed by atoms with E-state index in [-0.39, 0.29) is 35.2 Å². The maximum absolute atomic E-state index is 14.9. The molecule has 1 aliphatic rings. The number of nitrogens with one attached hydrogen (secondary N) is 1. The molecule has 1 saturated carbocycles. The quantitative estimate of drug-likeness (QED) is 0.678. The molecule has 1 heterocycles. The summed E-state index contributed by atoms with van der Waals surface area (Å²) < 4.78 is 32.8. The second-order valence-corrected chi connectivity index (χ2v) is 8.78. The fourth-order valence-corrected chi connectivity index (χ4v) is 4.46. The third-order valence-electron chi connectivity index (χ3n) is 5.13. The molecule has 0 bridgehead atoms. The molecule has 0 unspecified atom stereocenters. The highest BCUT2D eigenvalue weighted by atomic mass is 32.1. The van der Waals surface area contributed by atoms with Crippen molar-refractivity contribution in [1.82, 2.24) is 10.3 Å². The van der Waals surface area contributed by atoms with Gasteiger partial charge in [0.25, 0.3) is 5.19 Å². The topological polar surface area (TPSA) is 69.7 Å². The number of nitrogens with zero attached hydrogens (tertiary/aromatic N) is 1. The molecule has 0 saturated heterocycles. The number of carbonyl (C=O) groups is 1. The lowest BCUT2D eigenvalue weighted by atomic mass is 9.84. The van der Waals surface area contributed by atoms with Gasteiger partial charge in [0, 0.05) is 13.0 Å². The summed E-state index contributed by atoms with van der Waals surface area (Å²) in [7, 11) is 0. The van der Waals surface area contributed by atoms with Crippen molar-refractivity contribution >= 4 is 27.5 Å². The van der Waals surface area contributed by atoms with E-state index in [0.29, 0.717) is 28.6 Å². The highest BCUT2D eigenvalue weighted by Crippen LogP contribution is 2.37. The average Bonchev–Trinajstić information content (AvgIpc) is 3.08. The van der Waals surface area contributed by atoms with Crippen LogP contribution < -0.4 is 14.8 Å². The van der Waals surface area contributed by atoms with Crippen LogP contribution in [0, 0.1) is 5.82 Å². The predicted molar refractivity (Wildman–Crippen MR) is 111 cm³/mol. The van der Waals surface area contributed by atoms with E-state index in [2.05, 4.69) is 17.2 Å². The third-order valence-corrected chi connectivity index (χ3v) is 6.10. The van der Waals surface area contributed by atoms with Crippen LogP contribution in [-0.4, -0.2) is 41.9 Å². The Kier molecular flexibility index (Phi) is 6.95. The number of carbonyl (C=O) groups excluding carboxylic acids is 1. The van der Waals surface area contributed by atoms with Crippen molar-refractivity contribution in [1.29, 1.82) is 0 Å². The zero-order valence-corrected chi connectivity index (χ0v) is 18.2. The van der Waals surface area contributed by atoms with Crippen molar-refractivity contribution < 1.29 is 23.4 Å². The molecule has 2 aromatic rings. The van der Waals surface area contributed by atoms with Gasteiger partial charge in [0.1, 0.15) is 0 Å². The zero-order chi connectivity index (χ0) is 21.0. The first-order valence-electron chi connectivity index (χ1n) is 10.1. The largest absolute Gasteiger partial charge is 0.487 e. The summed E-state index contributed by atoms with van der Waals surface area (Å²) in [6.45, 7) is 8.36. The molecule has 160 valence electrons. The van der Waals surface area contributed by atoms with Gasteiger partial charge in [-0.05, 0) is 58.6 Å². The fourth-order valence-electron chi connectivity index (χ4n) is 3.56. The van der Waals surface area contributed by atoms with Crippen molar-refractivity contribution in [2.45, 2.75) is 71.1 Å². The lowest BCUT2D eigenvalue weighted by Crippen LogP contribution is -2.42. The number of ether oxygens (including phenoxy) is 3. The molecule has 1 aromatic carbocycles. The first kappa shape index (κ1) is 21.8. The Bertz CT molecular complexity index is 849. The normalized spacial score (nSPS) is 23.0. The summed E-state index contributed by atoms with van der Waals surface area (Å²) in [4.78, 5) is 15.4. The Morgan fingerprint density at radius 2 is 2.14 bits per heavy atom. The Morgan fingerprint density at radius 1 is 1.41 bits per heavy atom. The van der Waals surface area contributed by atoms with Crippen LogP contribution >= 0.6 is 11.3 Å². The van der Waals surface area contributed by atoms with Crippen LogP contribution in [0.4, 0.5) is 4.39 Å². The molecule has 1 N–H and O–H groups in total. The van der Waals surface area contributed by atoms with E-state index in [1.807, 2.05) is 13.8 Å². The molecular weight excluding hydrogens is 395 g/mol. The number of rotatable bonds is 8. The first-order chi connectivity index (χ1) is 13.8. The summed E-state index contributed by atoms with van der Waals surface area (Å²) in [6, 6.07) is 3.39. The molecule has 0 aliphatic heterocycles. The van der Waals surface area contributed by atoms with E-state index in [4.69, 9.17) is 14.2 Å². The molecule has 1 fully saturated rings. The molecule has 0 radical (unpaired) electrons. The summed E-state index contributed by atoms with van der Waals surface area (Å²) in [5.74, 6) is -0.172. The number of hydrogen-bond acceptors (Lipinski definition) is 6. The van der Waals surface area contributed by atoms with Gasteiger partial charge in [-0.25, -0.2) is 9.37 Å². The van der Waals surface area contributed by atoms with E-state index in [0.717, 1.165) is 25.7 Å². The summed E-state index contributed by atoms with van der Waals surface area (Å²) in [6.07, 6.45) is 3.17. The Morgan fingerprint density at radius 3 is 2.79 bits per heavy atom. The van der Waals surface area contributed by atoms with Crippen molar-refractivity contribution in [2.75, 3.05) is 13.2 Å². The van der Waals surface area contributed by atoms with Gasteiger partial charge >= 0.3 is 0 Å². The van der Waals surface area contributed by atoms with Gasteiger partial charge in [0.05, 0.1) is 35.1 Å². The smallest absolute Gasteiger partial charge is 0.274 e. The Hall–Kier alpha value is -1.93. The summed E-state index contributed by atoms with van der Waals surface area (Å²) in [5, 5.41) is 3.30. The first-order valence-corrected chi connectivity index (χ1v) is 10.9. The van der Waals surface area contributed by atoms with E-state index >= 15 is 0 Å². The second kappa shape index (κ2) is 9.26. The molecule has 1 amide bonds. The number of thiazole rings is 1. The minimum Gasteiger partial charge on any atom is -0.487 e. The van der Waals surface area contributed by atoms with Gasteiger partial charge in [-0.3, -0.25) is 4.79 Å². The summed E-state index contributed by atoms with van der Waals surface area (Å²) in [5.41, 5.74) is 0.334. The number of halogens is 1. The molecule has 1 aromatic heterocycles. The number of aromatic nitrogens is 1. The minimum atomic E-state index is -0.375. The van der Waals surface area contributed by atoms with Crippen LogP contribution in [0.1, 0.15) is 53.4 Å². The van der Waals surface area contributed by atoms with Crippen molar-refractivity contribution in [3.8, 4) is 10.9 Å². The zero-order valence-electron chi connectivity index (χ0n) is 17.4. The minimum absolute atomic E-state index is 0.0277. The Balaban J connectivity index is 1.56. The van der Waals surface area contributed by atoms with Crippen molar-refractivity contribution in [2.24, 2.45) is 0 Å². The van der Waals surface area contributed by atoms with Gasteiger partial charge in [0.15, 0.2) is 11.6 Å². The number of benzene rings is 1. The molecule has 29 heavy (non-hydrogen) atoms. The highest BCUT2D eigenvalue weighted by molar-refractivity contribution is 7.20. The highest BCUT2D eigenvalue weighted by Gasteiger charge is 2.33. The van der Waals surface area contributed by atoms with Gasteiger partial charge in [0.2, 0.25) is 5.91 Å². The average molecular weight is 425 g/mol. The molecule has 0 spiro atoms. The third kappa shape index (κ3) is 5.57. The van der Waals surface area contributed by atoms with Crippen LogP contribution in [0.2, 0.25) is 0 Å². The number of hydrogen-bond donors (Lipinski definition) is 1. The molecule has 1 aliphatic carbocycles. The van der Waals surface area contributed by atoms with E-state index < -0.39 is 0 Å². The standard InChI is InChI=1S/C21H29FN2O4S/c1-5-26-20-24-16-6-7-17(18(22)19(16)29-20)28-15-8-10-21(4,11-9-15)27-12-13(2)23-14(3)25/h6-7,13,15H,5,8-12H2,1-4H3,(H,23,25)/t13-,15-,21-/m0/s1. The summed E-state index contributed by atoms with van der Waals surface area (Å²) >= 11 is 1.20. The Labute approximate surface area is 174 Å². The monoisotopic (exact) mass is 424 g/mol. The van der Waals surface area contributed by atoms with Crippen LogP contribution in [0.25, 0.3) is 10.2 Å². The molecule has 6 nitrogen and oxygen atoms in total. The van der Waals surface area contributed by atoms with Crippen LogP contribution in [-0.2, 0) is 9.53 Å². The predicted octanol–water partition coefficient (Wildman–Crippen LogP) is 4.46. The van der Waals surface area contributed by atoms with Gasteiger partial charge < -0.3 is 19.5 Å². The van der Waals surface area contributed by atoms with E-state index in [1.54, 1.807) is 12.1 Å². The van der Waals surface area contributed by atoms with Crippen LogP contribution in [0.3, 0.4) is 0 Å². The van der Waals surface area contributed by atoms with E-state index in [1.165, 1.54) is 18.3 Å². The van der Waals surface area contributed by atoms with Crippen LogP contribution in [0.5, 0.6) is 10.9 Å². The number of amides is 1. The van der Waals surface area contributed by atoms with Crippen molar-refractivity contribution in [3.05, 3.63) is 17.9 Å².